The summed E-state index contributed by atoms with van der Waals surface area (Å²) in [6.07, 6.45) is 0.653. The largest absolute Gasteiger partial charge is 0.511 e. The summed E-state index contributed by atoms with van der Waals surface area (Å²) < 4.78 is 4.99. The summed E-state index contributed by atoms with van der Waals surface area (Å²) in [4.78, 5) is 11.0. The second-order valence-electron chi connectivity index (χ2n) is 5.82. The monoisotopic (exact) mass is 312 g/mol. The van der Waals surface area contributed by atoms with Crippen molar-refractivity contribution in [1.82, 2.24) is 0 Å². The van der Waals surface area contributed by atoms with E-state index in [1.54, 1.807) is 0 Å². The van der Waals surface area contributed by atoms with E-state index in [2.05, 4.69) is 39.0 Å². The molecule has 0 aromatic heterocycles. The van der Waals surface area contributed by atoms with Gasteiger partial charge >= 0.3 is 6.16 Å². The van der Waals surface area contributed by atoms with Gasteiger partial charge in [0.25, 0.3) is 0 Å². The van der Waals surface area contributed by atoms with Crippen LogP contribution >= 0.6 is 0 Å². The highest BCUT2D eigenvalue weighted by Crippen LogP contribution is 2.36. The van der Waals surface area contributed by atoms with Gasteiger partial charge < -0.3 is 9.84 Å². The third-order valence-electron chi connectivity index (χ3n) is 4.67. The number of ether oxygens (including phenoxy) is 1. The standard InChI is InChI=1S/C20H24O3/c1-6-15-9-8-10-17(16(15)7-2)18-11-19(23-20(21)22)14(5)12(3)13(18)4/h8-11H,6-7H2,1-5H3,(H,21,22). The van der Waals surface area contributed by atoms with Gasteiger partial charge in [-0.15, -0.1) is 0 Å². The van der Waals surface area contributed by atoms with Crippen LogP contribution in [0, 0.1) is 20.8 Å². The lowest BCUT2D eigenvalue weighted by Crippen LogP contribution is -2.06. The maximum atomic E-state index is 11.0. The molecular weight excluding hydrogens is 288 g/mol. The van der Waals surface area contributed by atoms with Crippen LogP contribution in [0.1, 0.15) is 41.7 Å². The third kappa shape index (κ3) is 3.24. The Kier molecular flexibility index (Phi) is 5.09. The predicted octanol–water partition coefficient (Wildman–Crippen LogP) is 5.46. The Bertz CT molecular complexity index is 745. The van der Waals surface area contributed by atoms with Gasteiger partial charge in [0.2, 0.25) is 0 Å². The number of carbonyl (C=O) groups is 1. The molecule has 0 aliphatic carbocycles. The van der Waals surface area contributed by atoms with Crippen LogP contribution in [0.2, 0.25) is 0 Å². The molecule has 0 bridgehead atoms. The highest BCUT2D eigenvalue weighted by Gasteiger charge is 2.16. The normalized spacial score (nSPS) is 10.7. The van der Waals surface area contributed by atoms with Crippen molar-refractivity contribution < 1.29 is 14.6 Å². The first-order valence-electron chi connectivity index (χ1n) is 8.03. The molecule has 1 N–H and O–H groups in total. The summed E-state index contributed by atoms with van der Waals surface area (Å²) in [7, 11) is 0. The molecule has 0 aliphatic heterocycles. The maximum Gasteiger partial charge on any atom is 0.511 e. The SMILES string of the molecule is CCc1cccc(-c2cc(OC(=O)O)c(C)c(C)c2C)c1CC. The number of aryl methyl sites for hydroxylation is 1. The second-order valence-corrected chi connectivity index (χ2v) is 5.82. The molecule has 0 atom stereocenters. The summed E-state index contributed by atoms with van der Waals surface area (Å²) in [5.41, 5.74) is 7.99. The van der Waals surface area contributed by atoms with E-state index < -0.39 is 6.16 Å². The molecular formula is C20H24O3. The van der Waals surface area contributed by atoms with E-state index in [1.807, 2.05) is 19.9 Å². The molecule has 0 amide bonds. The lowest BCUT2D eigenvalue weighted by atomic mass is 9.88. The van der Waals surface area contributed by atoms with Gasteiger partial charge in [-0.1, -0.05) is 32.0 Å². The van der Waals surface area contributed by atoms with Crippen LogP contribution in [0.4, 0.5) is 4.79 Å². The van der Waals surface area contributed by atoms with Gasteiger partial charge in [0.15, 0.2) is 0 Å². The summed E-state index contributed by atoms with van der Waals surface area (Å²) in [6.45, 7) is 10.3. The Balaban J connectivity index is 2.73. The Morgan fingerprint density at radius 3 is 2.26 bits per heavy atom. The molecule has 2 aromatic rings. The lowest BCUT2D eigenvalue weighted by molar-refractivity contribution is 0.144. The van der Waals surface area contributed by atoms with Gasteiger partial charge in [-0.05, 0) is 78.6 Å². The fraction of sp³-hybridized carbons (Fsp3) is 0.350. The van der Waals surface area contributed by atoms with Crippen LogP contribution in [0.3, 0.4) is 0 Å². The first kappa shape index (κ1) is 17.1. The zero-order valence-electron chi connectivity index (χ0n) is 14.5. The summed E-state index contributed by atoms with van der Waals surface area (Å²) >= 11 is 0. The van der Waals surface area contributed by atoms with Crippen LogP contribution in [-0.2, 0) is 12.8 Å². The second kappa shape index (κ2) is 6.86. The fourth-order valence-electron chi connectivity index (χ4n) is 3.13. The Hall–Kier alpha value is -2.29. The molecule has 0 saturated heterocycles. The van der Waals surface area contributed by atoms with Crippen molar-refractivity contribution in [3.8, 4) is 16.9 Å². The summed E-state index contributed by atoms with van der Waals surface area (Å²) in [6, 6.07) is 8.20. The zero-order valence-corrected chi connectivity index (χ0v) is 14.5. The van der Waals surface area contributed by atoms with Gasteiger partial charge in [0, 0.05) is 0 Å². The van der Waals surface area contributed by atoms with Crippen molar-refractivity contribution >= 4 is 6.16 Å². The molecule has 0 fully saturated rings. The van der Waals surface area contributed by atoms with E-state index in [-0.39, 0.29) is 0 Å². The first-order valence-corrected chi connectivity index (χ1v) is 8.03. The van der Waals surface area contributed by atoms with Crippen molar-refractivity contribution in [3.63, 3.8) is 0 Å². The number of benzene rings is 2. The lowest BCUT2D eigenvalue weighted by Gasteiger charge is -2.19. The van der Waals surface area contributed by atoms with Gasteiger partial charge in [-0.25, -0.2) is 4.79 Å². The van der Waals surface area contributed by atoms with E-state index in [9.17, 15) is 4.79 Å². The molecule has 0 heterocycles. The van der Waals surface area contributed by atoms with Gasteiger partial charge in [0.1, 0.15) is 5.75 Å². The van der Waals surface area contributed by atoms with Crippen LogP contribution in [0.15, 0.2) is 24.3 Å². The maximum absolute atomic E-state index is 11.0. The summed E-state index contributed by atoms with van der Waals surface area (Å²) in [5.74, 6) is 0.416. The zero-order chi connectivity index (χ0) is 17.1. The van der Waals surface area contributed by atoms with Crippen LogP contribution in [0.25, 0.3) is 11.1 Å². The quantitative estimate of drug-likeness (QED) is 0.602. The molecule has 3 nitrogen and oxygen atoms in total. The smallest absolute Gasteiger partial charge is 0.449 e. The molecule has 0 spiro atoms. The van der Waals surface area contributed by atoms with E-state index in [0.717, 1.165) is 29.5 Å². The van der Waals surface area contributed by atoms with Crippen molar-refractivity contribution in [2.24, 2.45) is 0 Å². The van der Waals surface area contributed by atoms with Crippen LogP contribution in [-0.4, -0.2) is 11.3 Å². The molecule has 2 rings (SSSR count). The van der Waals surface area contributed by atoms with E-state index in [1.165, 1.54) is 22.3 Å². The summed E-state index contributed by atoms with van der Waals surface area (Å²) in [5, 5.41) is 8.97. The van der Waals surface area contributed by atoms with Gasteiger partial charge in [0.05, 0.1) is 0 Å². The molecule has 0 saturated carbocycles. The van der Waals surface area contributed by atoms with E-state index in [4.69, 9.17) is 9.84 Å². The van der Waals surface area contributed by atoms with Crippen LogP contribution < -0.4 is 4.74 Å². The van der Waals surface area contributed by atoms with Crippen molar-refractivity contribution in [3.05, 3.63) is 52.1 Å². The average molecular weight is 312 g/mol. The molecule has 0 radical (unpaired) electrons. The molecule has 0 aliphatic rings. The number of hydrogen-bond donors (Lipinski definition) is 1. The molecule has 0 unspecified atom stereocenters. The predicted molar refractivity (Wildman–Crippen MR) is 93.5 cm³/mol. The van der Waals surface area contributed by atoms with E-state index in [0.29, 0.717) is 5.75 Å². The molecule has 122 valence electrons. The Morgan fingerprint density at radius 2 is 1.70 bits per heavy atom. The first-order chi connectivity index (χ1) is 10.9. The minimum atomic E-state index is -1.28. The number of rotatable bonds is 4. The molecule has 23 heavy (non-hydrogen) atoms. The van der Waals surface area contributed by atoms with Crippen molar-refractivity contribution in [2.75, 3.05) is 0 Å². The topological polar surface area (TPSA) is 46.5 Å². The Morgan fingerprint density at radius 1 is 1.00 bits per heavy atom. The highest BCUT2D eigenvalue weighted by molar-refractivity contribution is 5.76. The fourth-order valence-corrected chi connectivity index (χ4v) is 3.13. The van der Waals surface area contributed by atoms with E-state index >= 15 is 0 Å². The van der Waals surface area contributed by atoms with Crippen molar-refractivity contribution in [2.45, 2.75) is 47.5 Å². The third-order valence-corrected chi connectivity index (χ3v) is 4.67. The van der Waals surface area contributed by atoms with Gasteiger partial charge in [-0.2, -0.15) is 0 Å². The number of carboxylic acid groups (broad SMARTS) is 1. The molecule has 3 heteroatoms. The van der Waals surface area contributed by atoms with Crippen LogP contribution in [0.5, 0.6) is 5.75 Å². The van der Waals surface area contributed by atoms with Gasteiger partial charge in [-0.3, -0.25) is 0 Å². The minimum absolute atomic E-state index is 0.416. The average Bonchev–Trinajstić information content (AvgIpc) is 2.54. The minimum Gasteiger partial charge on any atom is -0.449 e. The van der Waals surface area contributed by atoms with Crippen molar-refractivity contribution in [1.29, 1.82) is 0 Å². The highest BCUT2D eigenvalue weighted by atomic mass is 16.7. The Labute approximate surface area is 137 Å². The molecule has 2 aromatic carbocycles. The number of hydrogen-bond acceptors (Lipinski definition) is 2.